The van der Waals surface area contributed by atoms with Crippen LogP contribution < -0.4 is 140 Å². The van der Waals surface area contributed by atoms with Gasteiger partial charge in [-0.3, -0.25) is 4.79 Å². The molecule has 4 heterocycles. The van der Waals surface area contributed by atoms with Crippen LogP contribution in [0.1, 0.15) is 107 Å². The summed E-state index contributed by atoms with van der Waals surface area (Å²) >= 11 is 0. The molecule has 0 spiro atoms. The second kappa shape index (κ2) is 43.6. The molecule has 0 aliphatic heterocycles. The topological polar surface area (TPSA) is 300 Å². The average molecular weight is 1230 g/mol. The van der Waals surface area contributed by atoms with Gasteiger partial charge in [0.2, 0.25) is 0 Å². The number of aromatic nitrogens is 4. The first-order valence-corrected chi connectivity index (χ1v) is 25.8. The van der Waals surface area contributed by atoms with Crippen LogP contribution in [0.4, 0.5) is 9.59 Å². The van der Waals surface area contributed by atoms with Crippen molar-refractivity contribution in [3.05, 3.63) is 120 Å². The summed E-state index contributed by atoms with van der Waals surface area (Å²) in [4.78, 5) is 47.1. The van der Waals surface area contributed by atoms with E-state index in [1.807, 2.05) is 123 Å². The molecule has 2 amide bonds. The number of fused-ring (bicyclic) bond motifs is 4. The number of hydrogen-bond donors (Lipinski definition) is 10. The van der Waals surface area contributed by atoms with Gasteiger partial charge in [0.1, 0.15) is 34.2 Å². The maximum Gasteiger partial charge on any atom is 1.00 e. The van der Waals surface area contributed by atoms with Gasteiger partial charge >= 0.3 is 115 Å². The summed E-state index contributed by atoms with van der Waals surface area (Å²) in [5, 5.41) is 37.1. The summed E-state index contributed by atoms with van der Waals surface area (Å²) in [6.45, 7) is 22.7. The number of phenolic OH excluding ortho intramolecular Hbond substituents is 2. The van der Waals surface area contributed by atoms with Crippen LogP contribution in [-0.2, 0) is 44.8 Å². The fourth-order valence-electron chi connectivity index (χ4n) is 7.53. The van der Waals surface area contributed by atoms with Crippen LogP contribution >= 0.6 is 24.8 Å². The Morgan fingerprint density at radius 1 is 0.561 bits per heavy atom. The minimum absolute atomic E-state index is 0. The van der Waals surface area contributed by atoms with Crippen LogP contribution in [-0.4, -0.2) is 99.4 Å². The second-order valence-corrected chi connectivity index (χ2v) is 19.3. The Labute approximate surface area is 582 Å². The Kier molecular flexibility index (Phi) is 43.7. The standard InChI is InChI=1S/C17H24N2O3.C15H20N2O3.C12H16N2O.C10H12N2O.C3H8.CH2O3.CH4.2ClH.2K.H/c1-5-21-13-6-7-15-14(10-13)12(11-19-15)8-9-18-16(20)22-17(2,3)4;1-15(2,3)20-14(19)16-7-6-10-9-17-13-5-4-11(18)8-12(10)13;1-2-15-10-3-4-12-11(7-10)9(5-6-13)8-14-12;11-4-3-7-6-12-10-2-1-8(13)5-9(7)10;1-3-2;2-1-4-3;;;;;;/h6-7,10-11,19H,5,8-9H2,1-4H3,(H,18,20);4-5,8-9,17-18H,6-7H2,1-3H3,(H,16,19);3-4,7-8,14H,2,5-6,13H2,1H3;1-2,5-6,12-13H,3-4,11H2;3H2,1-2H3;1,3H;1H4;2*1H;;;/q;;;;;;;;;2*+1;-1/p-1. The number of phenols is 2. The zero-order valence-corrected chi connectivity index (χ0v) is 57.0. The number of rotatable bonds is 15. The minimum Gasteiger partial charge on any atom is -1.00 e. The molecule has 0 saturated heterocycles. The largest absolute Gasteiger partial charge is 1.00 e. The predicted octanol–water partition coefficient (Wildman–Crippen LogP) is 5.47. The van der Waals surface area contributed by atoms with Gasteiger partial charge in [0.25, 0.3) is 6.47 Å². The average Bonchev–Trinajstić information content (AvgIpc) is 4.18. The number of alkyl carbamates (subject to hydrolysis) is 2. The van der Waals surface area contributed by atoms with Gasteiger partial charge in [0.15, 0.2) is 0 Å². The van der Waals surface area contributed by atoms with Crippen molar-refractivity contribution in [3.63, 3.8) is 0 Å². The van der Waals surface area contributed by atoms with Gasteiger partial charge in [-0.05, 0) is 189 Å². The van der Waals surface area contributed by atoms with Gasteiger partial charge in [0.05, 0.1) is 13.2 Å². The van der Waals surface area contributed by atoms with Crippen molar-refractivity contribution in [1.82, 2.24) is 30.6 Å². The van der Waals surface area contributed by atoms with Crippen LogP contribution in [0.15, 0.2) is 97.6 Å². The minimum atomic E-state index is -0.489. The molecule has 0 fully saturated rings. The van der Waals surface area contributed by atoms with Crippen molar-refractivity contribution in [2.45, 2.75) is 120 Å². The summed E-state index contributed by atoms with van der Waals surface area (Å²) < 4.78 is 21.4. The molecule has 23 heteroatoms. The van der Waals surface area contributed by atoms with E-state index in [9.17, 15) is 19.8 Å². The number of halogens is 2. The summed E-state index contributed by atoms with van der Waals surface area (Å²) in [5.41, 5.74) is 18.9. The Hall–Kier alpha value is -4.02. The number of ether oxygens (including phenoxy) is 4. The molecule has 4 aromatic carbocycles. The first-order chi connectivity index (χ1) is 36.7. The number of aromatic amines is 4. The Morgan fingerprint density at radius 3 is 1.11 bits per heavy atom. The molecule has 19 nitrogen and oxygen atoms in total. The molecule has 0 aliphatic rings. The molecule has 12 N–H and O–H groups in total. The molecule has 0 radical (unpaired) electrons. The van der Waals surface area contributed by atoms with Crippen LogP contribution in [0.3, 0.4) is 0 Å². The van der Waals surface area contributed by atoms with Crippen LogP contribution in [0, 0.1) is 0 Å². The maximum atomic E-state index is 11.6. The predicted molar refractivity (Wildman–Crippen MR) is 326 cm³/mol. The molecule has 4 aromatic heterocycles. The van der Waals surface area contributed by atoms with Crippen LogP contribution in [0.5, 0.6) is 23.0 Å². The Bertz CT molecular complexity index is 3030. The number of hydrogen-bond acceptors (Lipinski definition) is 13. The summed E-state index contributed by atoms with van der Waals surface area (Å²) in [5.74, 6) is 2.31. The van der Waals surface area contributed by atoms with Crippen molar-refractivity contribution < 1.29 is 158 Å². The fraction of sp³-hybridized carbons (Fsp3) is 0.407. The normalized spacial score (nSPS) is 10.1. The first kappa shape index (κ1) is 82.2. The van der Waals surface area contributed by atoms with E-state index >= 15 is 0 Å². The molecule has 0 bridgehead atoms. The van der Waals surface area contributed by atoms with E-state index in [0.717, 1.165) is 85.7 Å². The quantitative estimate of drug-likeness (QED) is 0.0264. The van der Waals surface area contributed by atoms with E-state index in [2.05, 4.69) is 55.4 Å². The van der Waals surface area contributed by atoms with Crippen LogP contribution in [0.25, 0.3) is 43.6 Å². The zero-order valence-electron chi connectivity index (χ0n) is 50.1. The smallest absolute Gasteiger partial charge is 1.00 e. The first-order valence-electron chi connectivity index (χ1n) is 25.8. The Morgan fingerprint density at radius 2 is 0.841 bits per heavy atom. The molecule has 82 heavy (non-hydrogen) atoms. The Balaban J connectivity index is -0.000000477. The van der Waals surface area contributed by atoms with Gasteiger partial charge in [-0.25, -0.2) is 9.59 Å². The fourth-order valence-corrected chi connectivity index (χ4v) is 7.53. The third kappa shape index (κ3) is 30.2. The van der Waals surface area contributed by atoms with Gasteiger partial charge in [-0.2, -0.15) is 0 Å². The molecular weight excluding hydrogens is 1150 g/mol. The number of aromatic hydroxyl groups is 2. The van der Waals surface area contributed by atoms with Crippen LogP contribution in [0.2, 0.25) is 0 Å². The molecule has 0 aliphatic carbocycles. The van der Waals surface area contributed by atoms with E-state index in [-0.39, 0.29) is 155 Å². The van der Waals surface area contributed by atoms with Crippen molar-refractivity contribution in [1.29, 1.82) is 0 Å². The van der Waals surface area contributed by atoms with Crippen molar-refractivity contribution in [2.24, 2.45) is 11.5 Å². The second-order valence-electron chi connectivity index (χ2n) is 19.3. The van der Waals surface area contributed by atoms with Gasteiger partial charge in [-0.15, -0.1) is 24.8 Å². The van der Waals surface area contributed by atoms with Gasteiger partial charge in [0, 0.05) is 81.5 Å². The molecule has 0 atom stereocenters. The summed E-state index contributed by atoms with van der Waals surface area (Å²) in [6, 6.07) is 22.6. The molecule has 446 valence electrons. The number of carbonyl (C=O) groups is 3. The SMILES string of the molecule is C.CC(C)(C)OC(=O)NCCc1c[nH]c2ccc(O)cc12.CCC.CCOc1ccc2[nH]cc(CCN)c2c1.CCOc1ccc2[nH]cc(CCNC(=O)OC(C)(C)C)c2c1.Cl.Cl.NCCc1c[nH]c2ccc(O)cc12.O=CO[O-].[H-].[K+].[K+]. The molecule has 0 unspecified atom stereocenters. The van der Waals surface area contributed by atoms with Crippen molar-refractivity contribution >= 4 is 87.1 Å². The number of amides is 2. The van der Waals surface area contributed by atoms with E-state index in [4.69, 9.17) is 40.5 Å². The molecule has 0 saturated carbocycles. The summed E-state index contributed by atoms with van der Waals surface area (Å²) in [6.07, 6.45) is 11.4. The van der Waals surface area contributed by atoms with Crippen molar-refractivity contribution in [2.75, 3.05) is 39.4 Å². The zero-order chi connectivity index (χ0) is 57.0. The third-order valence-electron chi connectivity index (χ3n) is 10.6. The monoisotopic (exact) mass is 1230 g/mol. The maximum absolute atomic E-state index is 11.6. The van der Waals surface area contributed by atoms with Gasteiger partial charge in [-0.1, -0.05) is 27.7 Å². The van der Waals surface area contributed by atoms with Crippen molar-refractivity contribution in [3.8, 4) is 23.0 Å². The van der Waals surface area contributed by atoms with E-state index in [0.29, 0.717) is 51.6 Å². The molecule has 8 aromatic rings. The number of carbonyl (C=O) groups excluding carboxylic acids is 3. The van der Waals surface area contributed by atoms with E-state index in [1.54, 1.807) is 24.3 Å². The number of nitrogens with one attached hydrogen (secondary N) is 6. The number of nitrogens with two attached hydrogens (primary N) is 2. The molecule has 8 rings (SSSR count). The van der Waals surface area contributed by atoms with E-state index < -0.39 is 17.3 Å². The number of benzene rings is 4. The third-order valence-corrected chi connectivity index (χ3v) is 10.6. The van der Waals surface area contributed by atoms with Gasteiger partial charge < -0.3 is 82.8 Å². The molecular formula is C59H88Cl2K2N8O11. The number of H-pyrrole nitrogens is 4. The summed E-state index contributed by atoms with van der Waals surface area (Å²) in [7, 11) is 0. The van der Waals surface area contributed by atoms with E-state index in [1.165, 1.54) is 17.4 Å².